The molecule has 0 aromatic heterocycles. The molecule has 2 N–H and O–H groups in total. The lowest BCUT2D eigenvalue weighted by atomic mass is 10.1. The lowest BCUT2D eigenvalue weighted by Crippen LogP contribution is -2.32. The maximum atomic E-state index is 12.9. The van der Waals surface area contributed by atoms with Crippen LogP contribution in [0.15, 0.2) is 65.4 Å². The molecule has 10 heteroatoms. The van der Waals surface area contributed by atoms with Crippen LogP contribution >= 0.6 is 0 Å². The maximum absolute atomic E-state index is 12.9. The van der Waals surface area contributed by atoms with Gasteiger partial charge in [-0.1, -0.05) is 48.5 Å². The molecule has 0 aliphatic carbocycles. The first kappa shape index (κ1) is 25.1. The summed E-state index contributed by atoms with van der Waals surface area (Å²) < 4.78 is 52.7. The van der Waals surface area contributed by atoms with Crippen LogP contribution in [-0.4, -0.2) is 46.7 Å². The van der Waals surface area contributed by atoms with E-state index in [2.05, 4.69) is 16.6 Å². The van der Waals surface area contributed by atoms with Crippen molar-refractivity contribution in [1.82, 2.24) is 14.3 Å². The molecule has 8 nitrogen and oxygen atoms in total. The van der Waals surface area contributed by atoms with Gasteiger partial charge in [0.1, 0.15) is 0 Å². The second-order valence-corrected chi connectivity index (χ2v) is 11.8. The van der Waals surface area contributed by atoms with Gasteiger partial charge in [-0.2, -0.15) is 4.31 Å². The summed E-state index contributed by atoms with van der Waals surface area (Å²) in [5.41, 5.74) is 2.88. The van der Waals surface area contributed by atoms with Crippen LogP contribution in [0.5, 0.6) is 0 Å². The van der Waals surface area contributed by atoms with Crippen LogP contribution in [0.25, 0.3) is 0 Å². The summed E-state index contributed by atoms with van der Waals surface area (Å²) in [6.07, 6.45) is 0.722. The van der Waals surface area contributed by atoms with Crippen molar-refractivity contribution in [2.45, 2.75) is 31.2 Å². The molecule has 0 saturated carbocycles. The zero-order valence-corrected chi connectivity index (χ0v) is 20.2. The third kappa shape index (κ3) is 6.97. The minimum Gasteiger partial charge on any atom is -0.352 e. The lowest BCUT2D eigenvalue weighted by molar-refractivity contribution is -0.120. The van der Waals surface area contributed by atoms with Crippen molar-refractivity contribution in [2.75, 3.05) is 19.6 Å². The molecular weight excluding hydrogens is 462 g/mol. The molecule has 1 amide bonds. The third-order valence-electron chi connectivity index (χ3n) is 5.58. The summed E-state index contributed by atoms with van der Waals surface area (Å²) in [7, 11) is -7.23. The molecule has 0 unspecified atom stereocenters. The predicted molar refractivity (Wildman–Crippen MR) is 127 cm³/mol. The van der Waals surface area contributed by atoms with Crippen molar-refractivity contribution in [1.29, 1.82) is 0 Å². The van der Waals surface area contributed by atoms with Crippen molar-refractivity contribution in [3.05, 3.63) is 77.2 Å². The second-order valence-electron chi connectivity index (χ2n) is 8.16. The first-order valence-corrected chi connectivity index (χ1v) is 13.6. The molecule has 1 fully saturated rings. The number of aryl methyl sites for hydroxylation is 1. The highest BCUT2D eigenvalue weighted by molar-refractivity contribution is 7.92. The van der Waals surface area contributed by atoms with Crippen molar-refractivity contribution >= 4 is 26.0 Å². The Kier molecular flexibility index (Phi) is 8.06. The maximum Gasteiger partial charge on any atom is 0.243 e. The van der Waals surface area contributed by atoms with Gasteiger partial charge in [0.25, 0.3) is 0 Å². The molecule has 0 bridgehead atoms. The number of benzene rings is 2. The van der Waals surface area contributed by atoms with E-state index < -0.39 is 20.0 Å². The van der Waals surface area contributed by atoms with Crippen LogP contribution in [0.2, 0.25) is 0 Å². The van der Waals surface area contributed by atoms with E-state index in [1.807, 2.05) is 31.2 Å². The fourth-order valence-corrected chi connectivity index (χ4v) is 5.67. The Hall–Kier alpha value is -2.53. The minimum atomic E-state index is -3.69. The third-order valence-corrected chi connectivity index (χ3v) is 8.46. The van der Waals surface area contributed by atoms with E-state index in [0.29, 0.717) is 25.1 Å². The number of hydrogen-bond acceptors (Lipinski definition) is 5. The van der Waals surface area contributed by atoms with Gasteiger partial charge in [-0.15, -0.1) is 0 Å². The number of amides is 1. The van der Waals surface area contributed by atoms with Gasteiger partial charge in [0, 0.05) is 31.6 Å². The van der Waals surface area contributed by atoms with Crippen LogP contribution in [-0.2, 0) is 37.8 Å². The molecular formula is C23H29N3O5S2. The van der Waals surface area contributed by atoms with Gasteiger partial charge in [-0.05, 0) is 42.5 Å². The van der Waals surface area contributed by atoms with Crippen LogP contribution in [0.1, 0.15) is 23.1 Å². The summed E-state index contributed by atoms with van der Waals surface area (Å²) in [6.45, 7) is 6.41. The first-order chi connectivity index (χ1) is 15.6. The standard InChI is InChI=1S/C23H29N3O5S2/c1-3-32(28,29)25-16-21-12-13-26(17-21)33(30,31)22-10-8-19(9-11-22)14-23(27)24-15-20-6-4-18(2)5-7-20/h3-11,21,25H,1,12-17H2,2H3,(H,24,27)/t21-/m1/s1. The number of carbonyl (C=O) groups is 1. The van der Waals surface area contributed by atoms with Crippen LogP contribution in [0, 0.1) is 12.8 Å². The molecule has 1 atom stereocenters. The summed E-state index contributed by atoms with van der Waals surface area (Å²) in [5, 5.41) is 3.70. The summed E-state index contributed by atoms with van der Waals surface area (Å²) in [5.74, 6) is -0.249. The Labute approximate surface area is 195 Å². The van der Waals surface area contributed by atoms with E-state index in [9.17, 15) is 21.6 Å². The SMILES string of the molecule is C=CS(=O)(=O)NC[C@H]1CCN(S(=O)(=O)c2ccc(CC(=O)NCc3ccc(C)cc3)cc2)C1. The zero-order valence-electron chi connectivity index (χ0n) is 18.5. The Bertz CT molecular complexity index is 1190. The van der Waals surface area contributed by atoms with E-state index in [0.717, 1.165) is 16.5 Å². The molecule has 33 heavy (non-hydrogen) atoms. The van der Waals surface area contributed by atoms with Crippen LogP contribution in [0.3, 0.4) is 0 Å². The molecule has 3 rings (SSSR count). The normalized spacial score (nSPS) is 17.1. The molecule has 178 valence electrons. The Morgan fingerprint density at radius 1 is 1.06 bits per heavy atom. The van der Waals surface area contributed by atoms with Gasteiger partial charge in [0.05, 0.1) is 11.3 Å². The topological polar surface area (TPSA) is 113 Å². The molecule has 1 heterocycles. The van der Waals surface area contributed by atoms with Crippen molar-refractivity contribution < 1.29 is 21.6 Å². The second kappa shape index (κ2) is 10.6. The van der Waals surface area contributed by atoms with E-state index in [4.69, 9.17) is 0 Å². The van der Waals surface area contributed by atoms with Crippen molar-refractivity contribution in [3.8, 4) is 0 Å². The summed E-state index contributed by atoms with van der Waals surface area (Å²) in [6, 6.07) is 14.2. The number of hydrogen-bond donors (Lipinski definition) is 2. The van der Waals surface area contributed by atoms with Crippen molar-refractivity contribution in [3.63, 3.8) is 0 Å². The lowest BCUT2D eigenvalue weighted by Gasteiger charge is -2.17. The number of rotatable bonds is 10. The van der Waals surface area contributed by atoms with Crippen molar-refractivity contribution in [2.24, 2.45) is 5.92 Å². The Morgan fingerprint density at radius 3 is 2.33 bits per heavy atom. The van der Waals surface area contributed by atoms with Gasteiger partial charge in [0.15, 0.2) is 0 Å². The number of sulfonamides is 2. The van der Waals surface area contributed by atoms with E-state index >= 15 is 0 Å². The molecule has 0 radical (unpaired) electrons. The van der Waals surface area contributed by atoms with Gasteiger partial charge in [0.2, 0.25) is 26.0 Å². The minimum absolute atomic E-state index is 0.106. The Balaban J connectivity index is 1.53. The predicted octanol–water partition coefficient (Wildman–Crippen LogP) is 1.93. The highest BCUT2D eigenvalue weighted by Crippen LogP contribution is 2.24. The summed E-state index contributed by atoms with van der Waals surface area (Å²) >= 11 is 0. The largest absolute Gasteiger partial charge is 0.352 e. The number of carbonyl (C=O) groups excluding carboxylic acids is 1. The van der Waals surface area contributed by atoms with Gasteiger partial charge >= 0.3 is 0 Å². The van der Waals surface area contributed by atoms with E-state index in [1.165, 1.54) is 16.4 Å². The smallest absolute Gasteiger partial charge is 0.243 e. The highest BCUT2D eigenvalue weighted by Gasteiger charge is 2.32. The van der Waals surface area contributed by atoms with Gasteiger partial charge in [-0.25, -0.2) is 21.6 Å². The quantitative estimate of drug-likeness (QED) is 0.527. The average Bonchev–Trinajstić information content (AvgIpc) is 3.28. The first-order valence-electron chi connectivity index (χ1n) is 10.6. The van der Waals surface area contributed by atoms with E-state index in [1.54, 1.807) is 12.1 Å². The van der Waals surface area contributed by atoms with E-state index in [-0.39, 0.29) is 36.2 Å². The van der Waals surface area contributed by atoms with Crippen LogP contribution in [0.4, 0.5) is 0 Å². The number of nitrogens with one attached hydrogen (secondary N) is 2. The average molecular weight is 492 g/mol. The fourth-order valence-electron chi connectivity index (χ4n) is 3.56. The molecule has 1 aliphatic rings. The van der Waals surface area contributed by atoms with Gasteiger partial charge < -0.3 is 5.32 Å². The molecule has 2 aromatic rings. The van der Waals surface area contributed by atoms with Crippen LogP contribution < -0.4 is 10.0 Å². The molecule has 1 saturated heterocycles. The van der Waals surface area contributed by atoms with Gasteiger partial charge in [-0.3, -0.25) is 4.79 Å². The molecule has 1 aliphatic heterocycles. The zero-order chi connectivity index (χ0) is 24.1. The summed E-state index contributed by atoms with van der Waals surface area (Å²) in [4.78, 5) is 12.4. The highest BCUT2D eigenvalue weighted by atomic mass is 32.2. The monoisotopic (exact) mass is 491 g/mol. The number of nitrogens with zero attached hydrogens (tertiary/aromatic N) is 1. The fraction of sp³-hybridized carbons (Fsp3) is 0.348. The molecule has 2 aromatic carbocycles. The Morgan fingerprint density at radius 2 is 1.70 bits per heavy atom. The molecule has 0 spiro atoms.